The molecule has 14 aromatic rings. The Bertz CT molecular complexity index is 4570. The van der Waals surface area contributed by atoms with Crippen LogP contribution in [0.1, 0.15) is 0 Å². The van der Waals surface area contributed by atoms with Crippen LogP contribution in [0.2, 0.25) is 0 Å². The van der Waals surface area contributed by atoms with Crippen LogP contribution in [0, 0.1) is 0 Å². The van der Waals surface area contributed by atoms with Crippen LogP contribution >= 0.6 is 0 Å². The zero-order valence-corrected chi connectivity index (χ0v) is 47.3. The molecule has 0 aliphatic carbocycles. The van der Waals surface area contributed by atoms with Crippen molar-refractivity contribution in [2.75, 3.05) is 9.80 Å². The first-order valence-electron chi connectivity index (χ1n) is 28.5. The highest BCUT2D eigenvalue weighted by molar-refractivity contribution is 7.22. The van der Waals surface area contributed by atoms with Gasteiger partial charge < -0.3 is 9.47 Å². The van der Waals surface area contributed by atoms with E-state index in [1.54, 1.807) is 0 Å². The van der Waals surface area contributed by atoms with E-state index in [1.807, 2.05) is 0 Å². The van der Waals surface area contributed by atoms with Gasteiger partial charge in [-0.15, -0.1) is 0 Å². The first kappa shape index (κ1) is 48.5. The average molecular weight is 1090 g/mol. The molecule has 0 atom stereocenters. The molecule has 0 saturated heterocycles. The van der Waals surface area contributed by atoms with Crippen LogP contribution in [0.3, 0.4) is 0 Å². The van der Waals surface area contributed by atoms with Gasteiger partial charge in [0, 0.05) is 62.1 Å². The second kappa shape index (κ2) is 19.7. The molecule has 0 bridgehead atoms. The molecule has 4 heterocycles. The van der Waals surface area contributed by atoms with E-state index in [0.29, 0.717) is 5.82 Å². The molecule has 0 saturated carbocycles. The van der Waals surface area contributed by atoms with E-state index < -0.39 is 16.1 Å². The largest absolute Gasteiger partial charge is 0.311 e. The third-order valence-corrected chi connectivity index (χ3v) is 27.0. The summed E-state index contributed by atoms with van der Waals surface area (Å²) in [7, 11) is -5.69. The first-order chi connectivity index (χ1) is 41.2. The maximum atomic E-state index is 5.72. The average Bonchev–Trinajstić information content (AvgIpc) is 2.05. The predicted molar refractivity (Wildman–Crippen MR) is 351 cm³/mol. The molecule has 390 valence electrons. The molecule has 83 heavy (non-hydrogen) atoms. The summed E-state index contributed by atoms with van der Waals surface area (Å²) >= 11 is 0. The van der Waals surface area contributed by atoms with Gasteiger partial charge in [-0.1, -0.05) is 243 Å². The molecule has 0 unspecified atom stereocenters. The van der Waals surface area contributed by atoms with Crippen LogP contribution in [0.5, 0.6) is 0 Å². The Labute approximate surface area is 485 Å². The Morgan fingerprint density at radius 3 is 1.10 bits per heavy atom. The van der Waals surface area contributed by atoms with Gasteiger partial charge in [0.15, 0.2) is 22.0 Å². The summed E-state index contributed by atoms with van der Waals surface area (Å²) in [5.41, 5.74) is 11.9. The van der Waals surface area contributed by atoms with E-state index >= 15 is 0 Å². The molecule has 0 radical (unpaired) electrons. The Kier molecular flexibility index (Phi) is 11.5. The minimum absolute atomic E-state index is 0.650. The van der Waals surface area contributed by atoms with Gasteiger partial charge in [-0.2, -0.15) is 0 Å². The molecule has 12 aromatic carbocycles. The summed E-state index contributed by atoms with van der Waals surface area (Å²) in [6, 6.07) is 119. The maximum absolute atomic E-state index is 5.72. The molecular weight excluding hydrogens is 1040 g/mol. The topological polar surface area (TPSA) is 37.2 Å². The molecule has 5 nitrogen and oxygen atoms in total. The van der Waals surface area contributed by atoms with E-state index in [0.717, 1.165) is 67.2 Å². The van der Waals surface area contributed by atoms with Crippen molar-refractivity contribution in [3.63, 3.8) is 0 Å². The fourth-order valence-corrected chi connectivity index (χ4v) is 24.1. The first-order valence-corrected chi connectivity index (χ1v) is 32.5. The summed E-state index contributed by atoms with van der Waals surface area (Å²) in [6.07, 6.45) is 0. The third kappa shape index (κ3) is 7.45. The lowest BCUT2D eigenvalue weighted by Crippen LogP contribution is -2.77. The smallest absolute Gasteiger partial charge is 0.184 e. The van der Waals surface area contributed by atoms with Crippen molar-refractivity contribution in [2.45, 2.75) is 0 Å². The summed E-state index contributed by atoms with van der Waals surface area (Å²) in [5.74, 6) is 1.46. The molecule has 16 rings (SSSR count). The molecule has 2 aliphatic heterocycles. The van der Waals surface area contributed by atoms with Crippen LogP contribution in [0.15, 0.2) is 322 Å². The van der Waals surface area contributed by atoms with Crippen LogP contribution in [0.4, 0.5) is 34.3 Å². The number of fused-ring (bicyclic) bond motifs is 7. The van der Waals surface area contributed by atoms with Crippen LogP contribution < -0.4 is 51.3 Å². The molecule has 0 N–H and O–H groups in total. The number of aromatic nitrogens is 3. The van der Waals surface area contributed by atoms with Crippen molar-refractivity contribution < 1.29 is 0 Å². The van der Waals surface area contributed by atoms with Gasteiger partial charge in [0.1, 0.15) is 5.82 Å². The molecule has 2 aliphatic rings. The van der Waals surface area contributed by atoms with E-state index in [-0.39, 0.29) is 0 Å². The lowest BCUT2D eigenvalue weighted by molar-refractivity contribution is 1.12. The quantitative estimate of drug-likeness (QED) is 0.135. The van der Waals surface area contributed by atoms with Gasteiger partial charge in [0.05, 0.1) is 16.7 Å². The Morgan fingerprint density at radius 1 is 0.265 bits per heavy atom. The molecule has 2 aromatic heterocycles. The van der Waals surface area contributed by atoms with Gasteiger partial charge >= 0.3 is 0 Å². The summed E-state index contributed by atoms with van der Waals surface area (Å²) in [6.45, 7) is 0. The monoisotopic (exact) mass is 1090 g/mol. The number of benzene rings is 12. The van der Waals surface area contributed by atoms with Crippen molar-refractivity contribution in [3.05, 3.63) is 322 Å². The molecule has 0 amide bonds. The van der Waals surface area contributed by atoms with Crippen LogP contribution in [-0.2, 0) is 0 Å². The highest BCUT2D eigenvalue weighted by atomic mass is 28.3. The number of hydrogen-bond acceptors (Lipinski definition) is 4. The van der Waals surface area contributed by atoms with Crippen molar-refractivity contribution in [3.8, 4) is 28.3 Å². The minimum Gasteiger partial charge on any atom is -0.311 e. The second-order valence-electron chi connectivity index (χ2n) is 21.6. The maximum Gasteiger partial charge on any atom is 0.184 e. The number of anilines is 6. The fraction of sp³-hybridized carbons (Fsp3) is 0. The summed E-state index contributed by atoms with van der Waals surface area (Å²) in [4.78, 5) is 16.1. The predicted octanol–water partition coefficient (Wildman–Crippen LogP) is 13.2. The number of para-hydroxylation sites is 5. The second-order valence-corrected chi connectivity index (χ2v) is 29.1. The van der Waals surface area contributed by atoms with E-state index in [4.69, 9.17) is 9.97 Å². The van der Waals surface area contributed by atoms with Gasteiger partial charge in [-0.3, -0.25) is 4.90 Å². The molecular formula is C76H53N5Si2. The lowest BCUT2D eigenvalue weighted by atomic mass is 10.1. The van der Waals surface area contributed by atoms with Gasteiger partial charge in [0.2, 0.25) is 0 Å². The Morgan fingerprint density at radius 2 is 0.639 bits per heavy atom. The van der Waals surface area contributed by atoms with Gasteiger partial charge in [0.25, 0.3) is 0 Å². The zero-order valence-electron chi connectivity index (χ0n) is 45.3. The Balaban J connectivity index is 0.914. The van der Waals surface area contributed by atoms with E-state index in [9.17, 15) is 0 Å². The zero-order chi connectivity index (χ0) is 54.9. The molecule has 0 spiro atoms. The van der Waals surface area contributed by atoms with Crippen LogP contribution in [-0.4, -0.2) is 30.7 Å². The summed E-state index contributed by atoms with van der Waals surface area (Å²) in [5, 5.41) is 13.0. The minimum atomic E-state index is -2.87. The number of hydrogen-bond donors (Lipinski definition) is 0. The molecule has 0 fully saturated rings. The number of rotatable bonds is 9. The van der Waals surface area contributed by atoms with Gasteiger partial charge in [-0.25, -0.2) is 9.97 Å². The number of nitrogens with zero attached hydrogens (tertiary/aromatic N) is 5. The third-order valence-electron chi connectivity index (χ3n) is 17.3. The normalized spacial score (nSPS) is 13.7. The molecule has 7 heteroatoms. The van der Waals surface area contributed by atoms with Crippen molar-refractivity contribution in [1.82, 2.24) is 14.5 Å². The van der Waals surface area contributed by atoms with Crippen molar-refractivity contribution in [2.24, 2.45) is 0 Å². The highest BCUT2D eigenvalue weighted by Gasteiger charge is 2.50. The van der Waals surface area contributed by atoms with Gasteiger partial charge in [-0.05, 0) is 114 Å². The Hall–Kier alpha value is -10.4. The standard InChI is InChI=1S/C76H53N5Si2/c1-7-27-54(28-8-1)64-53-75(81-69-41-21-25-45-73(69)83(60-35-15-5-16-36-60,61-37-17-6-18-38-61)74-46-26-22-42-70(74)81)78-76(77-64)55-47-49-65-62(51-55)63-52-57(48-50-66(63)79(65)56-29-9-2-10-30-56)80-67-39-19-23-43-71(67)82(58-31-11-3-12-32-58,59-33-13-4-14-34-59)72-44-24-20-40-68(72)80/h1-53H. The fourth-order valence-electron chi connectivity index (χ4n) is 13.9. The van der Waals surface area contributed by atoms with Crippen molar-refractivity contribution >= 4 is 114 Å². The highest BCUT2D eigenvalue weighted by Crippen LogP contribution is 2.44. The van der Waals surface area contributed by atoms with E-state index in [2.05, 4.69) is 336 Å². The summed E-state index contributed by atoms with van der Waals surface area (Å²) < 4.78 is 2.41. The SMILES string of the molecule is c1ccc(-c2cc(N3c4ccccc4[Si](c4ccccc4)(c4ccccc4)c4ccccc43)nc(-c3ccc4c(c3)c3cc(N5c6ccccc6[Si](c6ccccc6)(c6ccccc6)c6ccccc65)ccc3n4-c3ccccc3)n2)cc1. The van der Waals surface area contributed by atoms with Crippen molar-refractivity contribution in [1.29, 1.82) is 0 Å². The van der Waals surface area contributed by atoms with Crippen LogP contribution in [0.25, 0.3) is 50.1 Å². The lowest BCUT2D eigenvalue weighted by Gasteiger charge is -2.45. The van der Waals surface area contributed by atoms with E-state index in [1.165, 1.54) is 52.9 Å².